The first kappa shape index (κ1) is 16.0. The molecule has 1 aliphatic rings. The van der Waals surface area contributed by atoms with Crippen LogP contribution in [0.2, 0.25) is 0 Å². The maximum Gasteiger partial charge on any atom is 0.162 e. The number of benzene rings is 1. The van der Waals surface area contributed by atoms with Crippen molar-refractivity contribution in [2.75, 3.05) is 13.2 Å². The number of pyridine rings is 1. The molecule has 1 aromatic carbocycles. The van der Waals surface area contributed by atoms with Gasteiger partial charge in [0.15, 0.2) is 5.78 Å². The zero-order chi connectivity index (χ0) is 16.9. The van der Waals surface area contributed by atoms with Crippen LogP contribution in [0, 0.1) is 17.2 Å². The summed E-state index contributed by atoms with van der Waals surface area (Å²) in [5, 5.41) is 9.42. The molecule has 2 heterocycles. The number of aromatic nitrogens is 1. The second-order valence-electron chi connectivity index (χ2n) is 5.63. The minimum atomic E-state index is -0.864. The van der Waals surface area contributed by atoms with Crippen molar-refractivity contribution in [3.8, 4) is 17.6 Å². The van der Waals surface area contributed by atoms with Crippen molar-refractivity contribution in [3.05, 3.63) is 53.9 Å². The SMILES string of the molecule is CCOc1ccc2c(c1)CC(C(=O)C(C#N)c1ccccn1)CO2. The van der Waals surface area contributed by atoms with Gasteiger partial charge in [-0.25, -0.2) is 0 Å². The molecule has 24 heavy (non-hydrogen) atoms. The number of hydrogen-bond acceptors (Lipinski definition) is 5. The first-order valence-corrected chi connectivity index (χ1v) is 7.95. The smallest absolute Gasteiger partial charge is 0.162 e. The summed E-state index contributed by atoms with van der Waals surface area (Å²) in [6.45, 7) is 2.79. The molecule has 5 heteroatoms. The highest BCUT2D eigenvalue weighted by atomic mass is 16.5. The highest BCUT2D eigenvalue weighted by Crippen LogP contribution is 2.33. The number of nitriles is 1. The Morgan fingerprint density at radius 1 is 1.46 bits per heavy atom. The fourth-order valence-corrected chi connectivity index (χ4v) is 2.87. The van der Waals surface area contributed by atoms with Crippen LogP contribution in [-0.4, -0.2) is 24.0 Å². The Morgan fingerprint density at radius 2 is 2.33 bits per heavy atom. The minimum absolute atomic E-state index is 0.149. The van der Waals surface area contributed by atoms with Crippen molar-refractivity contribution in [1.82, 2.24) is 4.98 Å². The Hall–Kier alpha value is -2.87. The Morgan fingerprint density at radius 3 is 3.04 bits per heavy atom. The van der Waals surface area contributed by atoms with Gasteiger partial charge in [-0.3, -0.25) is 9.78 Å². The van der Waals surface area contributed by atoms with E-state index >= 15 is 0 Å². The van der Waals surface area contributed by atoms with Crippen molar-refractivity contribution < 1.29 is 14.3 Å². The normalized spacial score (nSPS) is 17.1. The van der Waals surface area contributed by atoms with Crippen LogP contribution in [-0.2, 0) is 11.2 Å². The van der Waals surface area contributed by atoms with Crippen LogP contribution in [0.4, 0.5) is 0 Å². The van der Waals surface area contributed by atoms with Gasteiger partial charge < -0.3 is 9.47 Å². The summed E-state index contributed by atoms with van der Waals surface area (Å²) in [5.74, 6) is 0.157. The van der Waals surface area contributed by atoms with Crippen LogP contribution in [0.1, 0.15) is 24.1 Å². The van der Waals surface area contributed by atoms with Gasteiger partial charge >= 0.3 is 0 Å². The predicted molar refractivity (Wildman–Crippen MR) is 87.9 cm³/mol. The lowest BCUT2D eigenvalue weighted by atomic mass is 9.86. The first-order valence-electron chi connectivity index (χ1n) is 7.95. The maximum atomic E-state index is 12.8. The van der Waals surface area contributed by atoms with Crippen LogP contribution in [0.15, 0.2) is 42.6 Å². The van der Waals surface area contributed by atoms with Crippen LogP contribution in [0.5, 0.6) is 11.5 Å². The zero-order valence-corrected chi connectivity index (χ0v) is 13.4. The van der Waals surface area contributed by atoms with Crippen molar-refractivity contribution in [2.45, 2.75) is 19.3 Å². The third-order valence-corrected chi connectivity index (χ3v) is 4.05. The second kappa shape index (κ2) is 7.14. The summed E-state index contributed by atoms with van der Waals surface area (Å²) >= 11 is 0. The molecular weight excluding hydrogens is 304 g/mol. The van der Waals surface area contributed by atoms with Gasteiger partial charge in [0.25, 0.3) is 0 Å². The minimum Gasteiger partial charge on any atom is -0.494 e. The third kappa shape index (κ3) is 3.23. The van der Waals surface area contributed by atoms with Gasteiger partial charge in [-0.05, 0) is 49.2 Å². The lowest BCUT2D eigenvalue weighted by Crippen LogP contribution is -2.31. The molecule has 0 amide bonds. The lowest BCUT2D eigenvalue weighted by Gasteiger charge is -2.26. The number of nitrogens with zero attached hydrogens (tertiary/aromatic N) is 2. The average molecular weight is 322 g/mol. The zero-order valence-electron chi connectivity index (χ0n) is 13.4. The Labute approximate surface area is 140 Å². The molecule has 5 nitrogen and oxygen atoms in total. The Kier molecular flexibility index (Phi) is 4.76. The first-order chi connectivity index (χ1) is 11.7. The van der Waals surface area contributed by atoms with E-state index in [4.69, 9.17) is 9.47 Å². The highest BCUT2D eigenvalue weighted by molar-refractivity contribution is 5.90. The second-order valence-corrected chi connectivity index (χ2v) is 5.63. The standard InChI is InChI=1S/C19H18N2O3/c1-2-23-15-6-7-18-13(10-15)9-14(12-24-18)19(22)16(11-20)17-5-3-4-8-21-17/h3-8,10,14,16H,2,9,12H2,1H3. The monoisotopic (exact) mass is 322 g/mol. The topological polar surface area (TPSA) is 72.2 Å². The molecule has 2 atom stereocenters. The van der Waals surface area contributed by atoms with E-state index in [0.29, 0.717) is 18.7 Å². The molecule has 3 rings (SSSR count). The average Bonchev–Trinajstić information content (AvgIpc) is 2.63. The molecule has 0 bridgehead atoms. The van der Waals surface area contributed by atoms with Crippen LogP contribution >= 0.6 is 0 Å². The van der Waals surface area contributed by atoms with Crippen molar-refractivity contribution in [3.63, 3.8) is 0 Å². The third-order valence-electron chi connectivity index (χ3n) is 4.05. The quantitative estimate of drug-likeness (QED) is 0.846. The van der Waals surface area contributed by atoms with Gasteiger partial charge in [-0.2, -0.15) is 5.26 Å². The van der Waals surface area contributed by atoms with E-state index in [1.807, 2.05) is 25.1 Å². The number of carbonyl (C=O) groups is 1. The summed E-state index contributed by atoms with van der Waals surface area (Å²) in [4.78, 5) is 16.9. The summed E-state index contributed by atoms with van der Waals surface area (Å²) in [6, 6.07) is 12.9. The molecule has 0 fully saturated rings. The molecule has 1 aromatic heterocycles. The van der Waals surface area contributed by atoms with Gasteiger partial charge in [0, 0.05) is 6.20 Å². The molecule has 2 unspecified atom stereocenters. The van der Waals surface area contributed by atoms with E-state index in [0.717, 1.165) is 17.1 Å². The number of ketones is 1. The summed E-state index contributed by atoms with van der Waals surface area (Å²) in [6.07, 6.45) is 2.13. The highest BCUT2D eigenvalue weighted by Gasteiger charge is 2.33. The van der Waals surface area contributed by atoms with Gasteiger partial charge in [-0.1, -0.05) is 6.07 Å². The molecule has 0 radical (unpaired) electrons. The molecule has 0 saturated carbocycles. The molecule has 0 aliphatic carbocycles. The lowest BCUT2D eigenvalue weighted by molar-refractivity contribution is -0.124. The number of carbonyl (C=O) groups excluding carboxylic acids is 1. The molecular formula is C19H18N2O3. The van der Waals surface area contributed by atoms with E-state index in [1.54, 1.807) is 24.4 Å². The van der Waals surface area contributed by atoms with Crippen LogP contribution < -0.4 is 9.47 Å². The summed E-state index contributed by atoms with van der Waals surface area (Å²) in [5.41, 5.74) is 1.42. The molecule has 0 spiro atoms. The van der Waals surface area contributed by atoms with Crippen molar-refractivity contribution in [1.29, 1.82) is 5.26 Å². The molecule has 2 aromatic rings. The Bertz CT molecular complexity index is 768. The van der Waals surface area contributed by atoms with E-state index in [1.165, 1.54) is 0 Å². The number of rotatable bonds is 5. The van der Waals surface area contributed by atoms with Gasteiger partial charge in [0.1, 0.15) is 17.4 Å². The number of hydrogen-bond donors (Lipinski definition) is 0. The van der Waals surface area contributed by atoms with Crippen LogP contribution in [0.25, 0.3) is 0 Å². The summed E-state index contributed by atoms with van der Waals surface area (Å²) in [7, 11) is 0. The van der Waals surface area contributed by atoms with Crippen molar-refractivity contribution in [2.24, 2.45) is 5.92 Å². The fraction of sp³-hybridized carbons (Fsp3) is 0.316. The van der Waals surface area contributed by atoms with E-state index in [2.05, 4.69) is 11.1 Å². The number of Topliss-reactive ketones (excluding diaryl/α,β-unsaturated/α-hetero) is 1. The largest absolute Gasteiger partial charge is 0.494 e. The Balaban J connectivity index is 1.80. The number of ether oxygens (including phenoxy) is 2. The van der Waals surface area contributed by atoms with Gasteiger partial charge in [0.2, 0.25) is 0 Å². The van der Waals surface area contributed by atoms with Gasteiger partial charge in [0.05, 0.1) is 30.9 Å². The summed E-state index contributed by atoms with van der Waals surface area (Å²) < 4.78 is 11.2. The van der Waals surface area contributed by atoms with Gasteiger partial charge in [-0.15, -0.1) is 0 Å². The molecule has 1 aliphatic heterocycles. The van der Waals surface area contributed by atoms with Crippen molar-refractivity contribution >= 4 is 5.78 Å². The molecule has 0 saturated heterocycles. The number of fused-ring (bicyclic) bond motifs is 1. The molecule has 122 valence electrons. The predicted octanol–water partition coefficient (Wildman–Crippen LogP) is 2.91. The maximum absolute atomic E-state index is 12.8. The van der Waals surface area contributed by atoms with E-state index in [9.17, 15) is 10.1 Å². The van der Waals surface area contributed by atoms with Crippen LogP contribution in [0.3, 0.4) is 0 Å². The van der Waals surface area contributed by atoms with E-state index < -0.39 is 5.92 Å². The van der Waals surface area contributed by atoms with E-state index in [-0.39, 0.29) is 18.3 Å². The molecule has 0 N–H and O–H groups in total. The fourth-order valence-electron chi connectivity index (χ4n) is 2.87.